The van der Waals surface area contributed by atoms with Crippen LogP contribution in [0.25, 0.3) is 33.5 Å². The Labute approximate surface area is 303 Å². The Balaban J connectivity index is 1.19. The van der Waals surface area contributed by atoms with Crippen LogP contribution in [0.4, 0.5) is 0 Å². The highest BCUT2D eigenvalue weighted by atomic mass is 35.5. The van der Waals surface area contributed by atoms with Gasteiger partial charge in [-0.15, -0.1) is 0 Å². The van der Waals surface area contributed by atoms with E-state index in [1.54, 1.807) is 14.2 Å². The van der Waals surface area contributed by atoms with Crippen molar-refractivity contribution in [3.8, 4) is 45.1 Å². The second-order valence-electron chi connectivity index (χ2n) is 12.9. The first kappa shape index (κ1) is 35.7. The largest absolute Gasteiger partial charge is 0.496 e. The smallest absolute Gasteiger partial charge is 0.222 e. The predicted molar refractivity (Wildman–Crippen MR) is 199 cm³/mol. The minimum absolute atomic E-state index is 0.190. The highest BCUT2D eigenvalue weighted by Crippen LogP contribution is 2.43. The maximum Gasteiger partial charge on any atom is 0.222 e. The number of ether oxygens (including phenoxy) is 2. The zero-order chi connectivity index (χ0) is 35.4. The van der Waals surface area contributed by atoms with Gasteiger partial charge in [0.25, 0.3) is 0 Å². The summed E-state index contributed by atoms with van der Waals surface area (Å²) < 4.78 is 11.5. The lowest BCUT2D eigenvalue weighted by Gasteiger charge is -2.20. The van der Waals surface area contributed by atoms with Gasteiger partial charge in [0.15, 0.2) is 0 Å². The van der Waals surface area contributed by atoms with Crippen molar-refractivity contribution in [1.82, 2.24) is 25.4 Å². The van der Waals surface area contributed by atoms with Crippen LogP contribution in [0.15, 0.2) is 66.7 Å². The number of carbonyl (C=O) groups is 2. The van der Waals surface area contributed by atoms with Crippen molar-refractivity contribution in [3.63, 3.8) is 0 Å². The zero-order valence-corrected chi connectivity index (χ0v) is 30.4. The Morgan fingerprint density at radius 1 is 0.720 bits per heavy atom. The standard InChI is InChI=1S/C39H43Cl2N5O4/c1-45-27(14-17-35(45)47)22-42-20-25-12-11-24(19-34(25)49-3)29-7-5-8-30(37(29)40)31-9-6-10-32(38(31)41)33-16-13-26(39(44-33)50-4)21-43-23-28-15-18-36(48)46(28)2/h5-13,16,19,27-28,42-43H,14-15,17-18,20-23H2,1-4H3. The Morgan fingerprint density at radius 2 is 1.26 bits per heavy atom. The molecular formula is C39H43Cl2N5O4. The minimum atomic E-state index is 0.190. The molecule has 9 nitrogen and oxygen atoms in total. The fourth-order valence-corrected chi connectivity index (χ4v) is 7.50. The first-order valence-corrected chi connectivity index (χ1v) is 17.7. The molecule has 2 amide bonds. The topological polar surface area (TPSA) is 96.0 Å². The summed E-state index contributed by atoms with van der Waals surface area (Å²) in [6.45, 7) is 2.62. The molecule has 3 aromatic carbocycles. The predicted octanol–water partition coefficient (Wildman–Crippen LogP) is 6.83. The van der Waals surface area contributed by atoms with Crippen LogP contribution in [-0.2, 0) is 22.7 Å². The lowest BCUT2D eigenvalue weighted by molar-refractivity contribution is -0.128. The van der Waals surface area contributed by atoms with E-state index in [1.165, 1.54) is 0 Å². The second-order valence-corrected chi connectivity index (χ2v) is 13.6. The molecule has 0 saturated carbocycles. The maximum atomic E-state index is 11.9. The van der Waals surface area contributed by atoms with Crippen LogP contribution in [0.2, 0.25) is 10.0 Å². The van der Waals surface area contributed by atoms with E-state index in [2.05, 4.69) is 10.6 Å². The number of rotatable bonds is 13. The lowest BCUT2D eigenvalue weighted by Crippen LogP contribution is -2.37. The summed E-state index contributed by atoms with van der Waals surface area (Å²) in [5, 5.41) is 8.05. The van der Waals surface area contributed by atoms with Crippen molar-refractivity contribution in [2.45, 2.75) is 50.9 Å². The summed E-state index contributed by atoms with van der Waals surface area (Å²) in [4.78, 5) is 32.2. The molecule has 6 rings (SSSR count). The van der Waals surface area contributed by atoms with Gasteiger partial charge in [0.05, 0.1) is 30.0 Å². The molecule has 2 aliphatic heterocycles. The fraction of sp³-hybridized carbons (Fsp3) is 0.359. The summed E-state index contributed by atoms with van der Waals surface area (Å²) in [5.74, 6) is 1.66. The van der Waals surface area contributed by atoms with Crippen molar-refractivity contribution in [1.29, 1.82) is 0 Å². The van der Waals surface area contributed by atoms with Crippen LogP contribution in [-0.4, -0.2) is 80.1 Å². The second kappa shape index (κ2) is 15.8. The number of likely N-dealkylation sites (tertiary alicyclic amines) is 2. The Kier molecular flexibility index (Phi) is 11.3. The number of nitrogens with zero attached hydrogens (tertiary/aromatic N) is 3. The van der Waals surface area contributed by atoms with Crippen molar-refractivity contribution in [2.75, 3.05) is 41.4 Å². The number of aromatic nitrogens is 1. The monoisotopic (exact) mass is 715 g/mol. The van der Waals surface area contributed by atoms with Crippen LogP contribution in [0.3, 0.4) is 0 Å². The van der Waals surface area contributed by atoms with E-state index in [1.807, 2.05) is 90.6 Å². The van der Waals surface area contributed by atoms with Crippen molar-refractivity contribution >= 4 is 35.0 Å². The van der Waals surface area contributed by atoms with Gasteiger partial charge in [-0.25, -0.2) is 4.98 Å². The summed E-state index contributed by atoms with van der Waals surface area (Å²) in [7, 11) is 7.00. The Hall–Kier alpha value is -4.15. The SMILES string of the molecule is COc1cc(-c2cccc(-c3cccc(-c4ccc(CNCC5CCC(=O)N5C)c(OC)n4)c3Cl)c2Cl)ccc1CNCC1CCC(=O)N1C. The number of benzene rings is 3. The molecule has 50 heavy (non-hydrogen) atoms. The van der Waals surface area contributed by atoms with Gasteiger partial charge in [0.1, 0.15) is 5.75 Å². The number of amides is 2. The van der Waals surface area contributed by atoms with Crippen molar-refractivity contribution < 1.29 is 19.1 Å². The number of hydrogen-bond donors (Lipinski definition) is 2. The van der Waals surface area contributed by atoms with Crippen LogP contribution in [0.1, 0.15) is 36.8 Å². The fourth-order valence-electron chi connectivity index (χ4n) is 6.84. The summed E-state index contributed by atoms with van der Waals surface area (Å²) >= 11 is 14.3. The molecule has 0 aliphatic carbocycles. The first-order chi connectivity index (χ1) is 24.2. The molecule has 0 bridgehead atoms. The number of nitrogens with one attached hydrogen (secondary N) is 2. The van der Waals surface area contributed by atoms with Crippen LogP contribution in [0.5, 0.6) is 11.6 Å². The third kappa shape index (κ3) is 7.47. The molecule has 2 N–H and O–H groups in total. The van der Waals surface area contributed by atoms with Gasteiger partial charge in [-0.1, -0.05) is 77.8 Å². The zero-order valence-electron chi connectivity index (χ0n) is 28.9. The molecule has 2 atom stereocenters. The highest BCUT2D eigenvalue weighted by molar-refractivity contribution is 6.39. The quantitative estimate of drug-likeness (QED) is 0.157. The van der Waals surface area contributed by atoms with Gasteiger partial charge in [-0.05, 0) is 30.5 Å². The Morgan fingerprint density at radius 3 is 1.82 bits per heavy atom. The molecule has 4 aromatic rings. The summed E-state index contributed by atoms with van der Waals surface area (Å²) in [5.41, 5.74) is 6.77. The van der Waals surface area contributed by atoms with Gasteiger partial charge in [-0.3, -0.25) is 9.59 Å². The van der Waals surface area contributed by atoms with Gasteiger partial charge < -0.3 is 29.9 Å². The number of likely N-dealkylation sites (N-methyl/N-ethyl adjacent to an activating group) is 2. The molecule has 0 radical (unpaired) electrons. The molecule has 2 saturated heterocycles. The van der Waals surface area contributed by atoms with Crippen LogP contribution < -0.4 is 20.1 Å². The number of hydrogen-bond acceptors (Lipinski definition) is 7. The van der Waals surface area contributed by atoms with E-state index < -0.39 is 0 Å². The van der Waals surface area contributed by atoms with E-state index in [4.69, 9.17) is 37.7 Å². The van der Waals surface area contributed by atoms with E-state index >= 15 is 0 Å². The van der Waals surface area contributed by atoms with E-state index in [0.717, 1.165) is 64.1 Å². The molecule has 262 valence electrons. The number of methoxy groups -OCH3 is 2. The van der Waals surface area contributed by atoms with Gasteiger partial charge in [0.2, 0.25) is 17.7 Å². The maximum absolute atomic E-state index is 11.9. The average molecular weight is 717 g/mol. The normalized spacial score (nSPS) is 17.6. The molecule has 1 aromatic heterocycles. The third-order valence-corrected chi connectivity index (χ3v) is 10.8. The van der Waals surface area contributed by atoms with E-state index in [0.29, 0.717) is 54.1 Å². The van der Waals surface area contributed by atoms with Crippen LogP contribution >= 0.6 is 23.2 Å². The molecule has 2 fully saturated rings. The molecule has 2 unspecified atom stereocenters. The number of halogens is 2. The molecule has 0 spiro atoms. The average Bonchev–Trinajstić information content (AvgIpc) is 3.63. The van der Waals surface area contributed by atoms with E-state index in [-0.39, 0.29) is 23.9 Å². The molecular weight excluding hydrogens is 673 g/mol. The third-order valence-electron chi connectivity index (χ3n) is 9.95. The van der Waals surface area contributed by atoms with Crippen molar-refractivity contribution in [2.24, 2.45) is 0 Å². The number of carbonyl (C=O) groups excluding carboxylic acids is 2. The van der Waals surface area contributed by atoms with Crippen molar-refractivity contribution in [3.05, 3.63) is 87.9 Å². The molecule has 3 heterocycles. The summed E-state index contributed by atoms with van der Waals surface area (Å²) in [6, 6.07) is 22.2. The molecule has 11 heteroatoms. The first-order valence-electron chi connectivity index (χ1n) is 16.9. The van der Waals surface area contributed by atoms with Gasteiger partial charge in [0, 0.05) is 98.6 Å². The summed E-state index contributed by atoms with van der Waals surface area (Å²) in [6.07, 6.45) is 2.94. The highest BCUT2D eigenvalue weighted by Gasteiger charge is 2.28. The van der Waals surface area contributed by atoms with Gasteiger partial charge in [-0.2, -0.15) is 0 Å². The lowest BCUT2D eigenvalue weighted by atomic mass is 9.96. The molecule has 2 aliphatic rings. The Bertz CT molecular complexity index is 1750. The minimum Gasteiger partial charge on any atom is -0.496 e. The number of pyridine rings is 1. The van der Waals surface area contributed by atoms with Crippen LogP contribution in [0, 0.1) is 0 Å². The van der Waals surface area contributed by atoms with E-state index in [9.17, 15) is 9.59 Å². The van der Waals surface area contributed by atoms with Gasteiger partial charge >= 0.3 is 0 Å².